The lowest BCUT2D eigenvalue weighted by Crippen LogP contribution is -2.43. The van der Waals surface area contributed by atoms with Gasteiger partial charge in [-0.2, -0.15) is 0 Å². The minimum atomic E-state index is -0.474. The summed E-state index contributed by atoms with van der Waals surface area (Å²) in [6.07, 6.45) is 2.81. The van der Waals surface area contributed by atoms with Gasteiger partial charge in [-0.1, -0.05) is 23.7 Å². The second kappa shape index (κ2) is 9.75. The summed E-state index contributed by atoms with van der Waals surface area (Å²) in [6, 6.07) is 9.33. The third-order valence-corrected chi connectivity index (χ3v) is 3.79. The van der Waals surface area contributed by atoms with E-state index in [9.17, 15) is 9.18 Å². The summed E-state index contributed by atoms with van der Waals surface area (Å²) in [7, 11) is 2.97. The number of methoxy groups -OCH3 is 2. The Morgan fingerprint density at radius 1 is 1.19 bits per heavy atom. The summed E-state index contributed by atoms with van der Waals surface area (Å²) in [5.74, 6) is -0.0813. The Hall–Kier alpha value is -2.84. The monoisotopic (exact) mass is 409 g/mol. The summed E-state index contributed by atoms with van der Waals surface area (Å²) in [4.78, 5) is 11.9. The number of rotatable bonds is 5. The molecule has 0 aliphatic carbocycles. The Morgan fingerprint density at radius 3 is 2.59 bits per heavy atom. The van der Waals surface area contributed by atoms with Gasteiger partial charge in [-0.05, 0) is 48.1 Å². The van der Waals surface area contributed by atoms with Gasteiger partial charge in [0.1, 0.15) is 5.82 Å². The van der Waals surface area contributed by atoms with Crippen LogP contribution in [-0.2, 0) is 4.79 Å². The number of hydrazine groups is 1. The molecule has 0 aliphatic heterocycles. The largest absolute Gasteiger partial charge is 0.493 e. The third kappa shape index (κ3) is 5.83. The molecule has 2 rings (SSSR count). The van der Waals surface area contributed by atoms with Gasteiger partial charge in [0.25, 0.3) is 5.91 Å². The van der Waals surface area contributed by atoms with Crippen LogP contribution in [0, 0.1) is 5.82 Å². The van der Waals surface area contributed by atoms with Gasteiger partial charge in [-0.25, -0.2) is 4.39 Å². The van der Waals surface area contributed by atoms with Crippen molar-refractivity contribution >= 4 is 46.6 Å². The van der Waals surface area contributed by atoms with Crippen LogP contribution in [0.15, 0.2) is 42.5 Å². The highest BCUT2D eigenvalue weighted by Gasteiger charge is 2.10. The zero-order chi connectivity index (χ0) is 19.8. The Kier molecular flexibility index (Phi) is 7.39. The fourth-order valence-electron chi connectivity index (χ4n) is 2.08. The van der Waals surface area contributed by atoms with Crippen molar-refractivity contribution in [1.82, 2.24) is 10.9 Å². The van der Waals surface area contributed by atoms with Crippen LogP contribution in [0.1, 0.15) is 5.56 Å². The normalized spacial score (nSPS) is 10.4. The van der Waals surface area contributed by atoms with Crippen molar-refractivity contribution < 1.29 is 18.7 Å². The minimum Gasteiger partial charge on any atom is -0.493 e. The molecule has 1 amide bonds. The van der Waals surface area contributed by atoms with Gasteiger partial charge in [-0.15, -0.1) is 0 Å². The lowest BCUT2D eigenvalue weighted by Gasteiger charge is -2.11. The number of amides is 1. The quantitative estimate of drug-likeness (QED) is 0.398. The van der Waals surface area contributed by atoms with E-state index in [1.807, 2.05) is 0 Å². The molecule has 0 aliphatic rings. The van der Waals surface area contributed by atoms with Gasteiger partial charge in [0.05, 0.1) is 24.9 Å². The van der Waals surface area contributed by atoms with Crippen LogP contribution < -0.4 is 25.6 Å². The van der Waals surface area contributed by atoms with E-state index < -0.39 is 11.7 Å². The smallest absolute Gasteiger partial charge is 0.262 e. The second-order valence-electron chi connectivity index (χ2n) is 5.12. The highest BCUT2D eigenvalue weighted by Crippen LogP contribution is 2.36. The number of carbonyl (C=O) groups is 1. The number of ether oxygens (including phenoxy) is 2. The molecule has 2 aromatic carbocycles. The molecular weight excluding hydrogens is 393 g/mol. The van der Waals surface area contributed by atoms with E-state index in [1.54, 1.807) is 24.3 Å². The molecule has 0 aromatic heterocycles. The van der Waals surface area contributed by atoms with Crippen molar-refractivity contribution in [3.05, 3.63) is 58.9 Å². The molecule has 0 radical (unpaired) electrons. The highest BCUT2D eigenvalue weighted by molar-refractivity contribution is 7.80. The van der Waals surface area contributed by atoms with E-state index in [0.29, 0.717) is 22.1 Å². The Morgan fingerprint density at radius 2 is 1.93 bits per heavy atom. The maximum atomic E-state index is 13.5. The zero-order valence-electron chi connectivity index (χ0n) is 14.5. The number of para-hydroxylation sites is 1. The molecule has 0 spiro atoms. The van der Waals surface area contributed by atoms with E-state index in [2.05, 4.69) is 16.2 Å². The van der Waals surface area contributed by atoms with E-state index in [4.69, 9.17) is 33.3 Å². The molecule has 0 saturated heterocycles. The van der Waals surface area contributed by atoms with Crippen molar-refractivity contribution in [2.24, 2.45) is 0 Å². The maximum absolute atomic E-state index is 13.5. The van der Waals surface area contributed by atoms with E-state index >= 15 is 0 Å². The molecule has 27 heavy (non-hydrogen) atoms. The average molecular weight is 410 g/mol. The molecule has 2 aromatic rings. The topological polar surface area (TPSA) is 71.6 Å². The summed E-state index contributed by atoms with van der Waals surface area (Å²) in [5.41, 5.74) is 5.68. The fourth-order valence-corrected chi connectivity index (χ4v) is 2.54. The summed E-state index contributed by atoms with van der Waals surface area (Å²) >= 11 is 11.1. The lowest BCUT2D eigenvalue weighted by atomic mass is 10.2. The molecule has 0 bridgehead atoms. The van der Waals surface area contributed by atoms with Gasteiger partial charge in [0.2, 0.25) is 0 Å². The van der Waals surface area contributed by atoms with Gasteiger partial charge in [-0.3, -0.25) is 15.6 Å². The van der Waals surface area contributed by atoms with Crippen molar-refractivity contribution in [2.45, 2.75) is 0 Å². The first-order valence-electron chi connectivity index (χ1n) is 7.65. The number of thiocarbonyl (C=S) groups is 1. The summed E-state index contributed by atoms with van der Waals surface area (Å²) < 4.78 is 23.9. The summed E-state index contributed by atoms with van der Waals surface area (Å²) in [6.45, 7) is 0. The summed E-state index contributed by atoms with van der Waals surface area (Å²) in [5, 5.41) is 3.02. The first-order valence-corrected chi connectivity index (χ1v) is 8.44. The number of carbonyl (C=O) groups excluding carboxylic acids is 1. The molecule has 6 nitrogen and oxygen atoms in total. The number of anilines is 1. The molecule has 142 valence electrons. The standard InChI is InChI=1S/C18H17ClFN3O3S/c1-25-15-10-11(9-12(19)17(15)26-2)7-8-16(24)22-23-18(27)21-14-6-4-3-5-13(14)20/h3-10H,1-2H3,(H,22,24)(H2,21,23,27)/b8-7+. The number of hydrogen-bond acceptors (Lipinski definition) is 4. The Labute approximate surface area is 166 Å². The van der Waals surface area contributed by atoms with E-state index in [0.717, 1.165) is 0 Å². The number of nitrogens with one attached hydrogen (secondary N) is 3. The molecular formula is C18H17ClFN3O3S. The number of hydrogen-bond donors (Lipinski definition) is 3. The van der Waals surface area contributed by atoms with E-state index in [-0.39, 0.29) is 10.8 Å². The third-order valence-electron chi connectivity index (χ3n) is 3.30. The average Bonchev–Trinajstić information content (AvgIpc) is 2.66. The van der Waals surface area contributed by atoms with Crippen LogP contribution in [0.3, 0.4) is 0 Å². The molecule has 0 fully saturated rings. The first kappa shape index (κ1) is 20.5. The van der Waals surface area contributed by atoms with Gasteiger partial charge < -0.3 is 14.8 Å². The van der Waals surface area contributed by atoms with Crippen LogP contribution in [0.5, 0.6) is 11.5 Å². The van der Waals surface area contributed by atoms with Gasteiger partial charge in [0.15, 0.2) is 16.6 Å². The van der Waals surface area contributed by atoms with Crippen LogP contribution in [-0.4, -0.2) is 25.2 Å². The SMILES string of the molecule is COc1cc(/C=C/C(=O)NNC(=S)Nc2ccccc2F)cc(Cl)c1OC. The van der Waals surface area contributed by atoms with Crippen LogP contribution in [0.4, 0.5) is 10.1 Å². The van der Waals surface area contributed by atoms with Crippen molar-refractivity contribution in [3.63, 3.8) is 0 Å². The highest BCUT2D eigenvalue weighted by atomic mass is 35.5. The molecule has 0 heterocycles. The molecule has 0 unspecified atom stereocenters. The Balaban J connectivity index is 1.93. The lowest BCUT2D eigenvalue weighted by molar-refractivity contribution is -0.116. The predicted molar refractivity (Wildman–Crippen MR) is 107 cm³/mol. The fraction of sp³-hybridized carbons (Fsp3) is 0.111. The molecule has 3 N–H and O–H groups in total. The van der Waals surface area contributed by atoms with Crippen molar-refractivity contribution in [1.29, 1.82) is 0 Å². The zero-order valence-corrected chi connectivity index (χ0v) is 16.1. The second-order valence-corrected chi connectivity index (χ2v) is 5.94. The van der Waals surface area contributed by atoms with Crippen LogP contribution >= 0.6 is 23.8 Å². The predicted octanol–water partition coefficient (Wildman–Crippen LogP) is 3.53. The number of halogens is 2. The molecule has 0 saturated carbocycles. The van der Waals surface area contributed by atoms with E-state index in [1.165, 1.54) is 38.5 Å². The molecule has 0 atom stereocenters. The first-order chi connectivity index (χ1) is 12.9. The molecule has 9 heteroatoms. The minimum absolute atomic E-state index is 0.0380. The number of benzene rings is 2. The van der Waals surface area contributed by atoms with Gasteiger partial charge in [0, 0.05) is 6.08 Å². The van der Waals surface area contributed by atoms with Crippen molar-refractivity contribution in [3.8, 4) is 11.5 Å². The Bertz CT molecular complexity index is 877. The van der Waals surface area contributed by atoms with Crippen LogP contribution in [0.25, 0.3) is 6.08 Å². The maximum Gasteiger partial charge on any atom is 0.262 e. The van der Waals surface area contributed by atoms with Crippen molar-refractivity contribution in [2.75, 3.05) is 19.5 Å². The van der Waals surface area contributed by atoms with Gasteiger partial charge >= 0.3 is 0 Å². The van der Waals surface area contributed by atoms with Crippen LogP contribution in [0.2, 0.25) is 5.02 Å².